The summed E-state index contributed by atoms with van der Waals surface area (Å²) in [6, 6.07) is 7.84. The van der Waals surface area contributed by atoms with Crippen molar-refractivity contribution >= 4 is 23.0 Å². The van der Waals surface area contributed by atoms with Crippen LogP contribution < -0.4 is 15.4 Å². The summed E-state index contributed by atoms with van der Waals surface area (Å²) in [7, 11) is 0. The van der Waals surface area contributed by atoms with E-state index in [4.69, 9.17) is 17.0 Å². The summed E-state index contributed by atoms with van der Waals surface area (Å²) in [5.74, 6) is 1.57. The number of anilines is 1. The Morgan fingerprint density at radius 2 is 1.94 bits per heavy atom. The molecule has 1 aromatic carbocycles. The smallest absolute Gasteiger partial charge is 0.170 e. The Hall–Kier alpha value is -1.29. The first kappa shape index (κ1) is 14.8. The van der Waals surface area contributed by atoms with Gasteiger partial charge in [-0.15, -0.1) is 0 Å². The van der Waals surface area contributed by atoms with Gasteiger partial charge in [0, 0.05) is 12.2 Å². The average Bonchev–Trinajstić information content (AvgIpc) is 2.31. The Kier molecular flexibility index (Phi) is 6.50. The summed E-state index contributed by atoms with van der Waals surface area (Å²) in [6.45, 7) is 7.98. The summed E-state index contributed by atoms with van der Waals surface area (Å²) >= 11 is 5.11. The fourth-order valence-corrected chi connectivity index (χ4v) is 1.65. The minimum atomic E-state index is 0.644. The zero-order valence-electron chi connectivity index (χ0n) is 11.3. The number of ether oxygens (including phenoxy) is 1. The molecule has 18 heavy (non-hydrogen) atoms. The highest BCUT2D eigenvalue weighted by molar-refractivity contribution is 7.80. The maximum atomic E-state index is 5.65. The van der Waals surface area contributed by atoms with Crippen molar-refractivity contribution < 1.29 is 4.74 Å². The highest BCUT2D eigenvalue weighted by atomic mass is 32.1. The Morgan fingerprint density at radius 1 is 1.28 bits per heavy atom. The molecule has 0 aliphatic rings. The molecule has 0 amide bonds. The van der Waals surface area contributed by atoms with Gasteiger partial charge in [-0.05, 0) is 55.7 Å². The lowest BCUT2D eigenvalue weighted by molar-refractivity contribution is 0.289. The van der Waals surface area contributed by atoms with E-state index in [2.05, 4.69) is 24.5 Å². The maximum Gasteiger partial charge on any atom is 0.170 e. The van der Waals surface area contributed by atoms with Gasteiger partial charge >= 0.3 is 0 Å². The van der Waals surface area contributed by atoms with Crippen LogP contribution >= 0.6 is 12.2 Å². The van der Waals surface area contributed by atoms with Crippen molar-refractivity contribution in [3.8, 4) is 5.75 Å². The van der Waals surface area contributed by atoms with E-state index in [0.717, 1.165) is 31.0 Å². The first-order chi connectivity index (χ1) is 8.61. The second-order valence-corrected chi connectivity index (χ2v) is 4.95. The van der Waals surface area contributed by atoms with Gasteiger partial charge in [0.2, 0.25) is 0 Å². The van der Waals surface area contributed by atoms with Gasteiger partial charge in [-0.25, -0.2) is 0 Å². The number of thiocarbonyl (C=S) groups is 1. The second-order valence-electron chi connectivity index (χ2n) is 4.54. The number of rotatable bonds is 6. The van der Waals surface area contributed by atoms with Gasteiger partial charge in [0.1, 0.15) is 5.75 Å². The molecule has 0 radical (unpaired) electrons. The number of hydrogen-bond acceptors (Lipinski definition) is 2. The van der Waals surface area contributed by atoms with Gasteiger partial charge in [0.25, 0.3) is 0 Å². The third-order valence-corrected chi connectivity index (χ3v) is 2.66. The largest absolute Gasteiger partial charge is 0.494 e. The van der Waals surface area contributed by atoms with Crippen LogP contribution in [0.3, 0.4) is 0 Å². The number of benzene rings is 1. The third-order valence-electron chi connectivity index (χ3n) is 2.41. The molecule has 0 saturated heterocycles. The average molecular weight is 266 g/mol. The summed E-state index contributed by atoms with van der Waals surface area (Å²) in [6.07, 6.45) is 1.07. The standard InChI is InChI=1S/C14H22N2OS/c1-4-15-14(18)16-12-5-7-13(8-6-12)17-10-9-11(2)3/h5-8,11H,4,9-10H2,1-3H3,(H2,15,16,18). The van der Waals surface area contributed by atoms with Crippen molar-refractivity contribution in [2.45, 2.75) is 27.2 Å². The van der Waals surface area contributed by atoms with E-state index in [1.54, 1.807) is 0 Å². The highest BCUT2D eigenvalue weighted by Gasteiger charge is 1.99. The van der Waals surface area contributed by atoms with Crippen LogP contribution in [-0.4, -0.2) is 18.3 Å². The fraction of sp³-hybridized carbons (Fsp3) is 0.500. The lowest BCUT2D eigenvalue weighted by Crippen LogP contribution is -2.27. The maximum absolute atomic E-state index is 5.65. The molecule has 0 atom stereocenters. The molecule has 0 saturated carbocycles. The quantitative estimate of drug-likeness (QED) is 0.773. The lowest BCUT2D eigenvalue weighted by atomic mass is 10.1. The molecule has 100 valence electrons. The minimum Gasteiger partial charge on any atom is -0.494 e. The van der Waals surface area contributed by atoms with Gasteiger partial charge in [-0.2, -0.15) is 0 Å². The molecule has 1 aromatic rings. The fourth-order valence-electron chi connectivity index (χ4n) is 1.38. The van der Waals surface area contributed by atoms with E-state index in [9.17, 15) is 0 Å². The molecule has 0 unspecified atom stereocenters. The molecule has 4 heteroatoms. The predicted molar refractivity (Wildman–Crippen MR) is 81.3 cm³/mol. The zero-order valence-corrected chi connectivity index (χ0v) is 12.1. The van der Waals surface area contributed by atoms with Crippen molar-refractivity contribution in [1.29, 1.82) is 0 Å². The monoisotopic (exact) mass is 266 g/mol. The second kappa shape index (κ2) is 7.93. The SMILES string of the molecule is CCNC(=S)Nc1ccc(OCCC(C)C)cc1. The molecule has 3 nitrogen and oxygen atoms in total. The molecule has 1 rings (SSSR count). The van der Waals surface area contributed by atoms with Gasteiger partial charge in [0.05, 0.1) is 6.61 Å². The molecular formula is C14H22N2OS. The van der Waals surface area contributed by atoms with Crippen LogP contribution in [0.25, 0.3) is 0 Å². The number of hydrogen-bond donors (Lipinski definition) is 2. The van der Waals surface area contributed by atoms with Crippen LogP contribution in [0.2, 0.25) is 0 Å². The van der Waals surface area contributed by atoms with Gasteiger partial charge < -0.3 is 15.4 Å². The van der Waals surface area contributed by atoms with E-state index in [0.29, 0.717) is 11.0 Å². The summed E-state index contributed by atoms with van der Waals surface area (Å²) < 4.78 is 5.65. The van der Waals surface area contributed by atoms with Crippen molar-refractivity contribution in [1.82, 2.24) is 5.32 Å². The van der Waals surface area contributed by atoms with E-state index >= 15 is 0 Å². The van der Waals surface area contributed by atoms with Gasteiger partial charge in [-0.3, -0.25) is 0 Å². The molecule has 0 aromatic heterocycles. The summed E-state index contributed by atoms with van der Waals surface area (Å²) in [4.78, 5) is 0. The topological polar surface area (TPSA) is 33.3 Å². The van der Waals surface area contributed by atoms with E-state index in [1.807, 2.05) is 31.2 Å². The zero-order chi connectivity index (χ0) is 13.4. The molecule has 0 aliphatic carbocycles. The van der Waals surface area contributed by atoms with Crippen LogP contribution in [0, 0.1) is 5.92 Å². The predicted octanol–water partition coefficient (Wildman–Crippen LogP) is 3.42. The molecule has 0 heterocycles. The molecule has 0 fully saturated rings. The first-order valence-corrected chi connectivity index (χ1v) is 6.80. The molecule has 0 bridgehead atoms. The van der Waals surface area contributed by atoms with E-state index in [1.165, 1.54) is 0 Å². The van der Waals surface area contributed by atoms with Crippen LogP contribution in [0.15, 0.2) is 24.3 Å². The van der Waals surface area contributed by atoms with E-state index < -0.39 is 0 Å². The Bertz CT molecular complexity index is 363. The minimum absolute atomic E-state index is 0.644. The Morgan fingerprint density at radius 3 is 2.50 bits per heavy atom. The van der Waals surface area contributed by atoms with Crippen LogP contribution in [0.5, 0.6) is 5.75 Å². The molecular weight excluding hydrogens is 244 g/mol. The van der Waals surface area contributed by atoms with Crippen LogP contribution in [-0.2, 0) is 0 Å². The van der Waals surface area contributed by atoms with E-state index in [-0.39, 0.29) is 0 Å². The number of nitrogens with one attached hydrogen (secondary N) is 2. The molecule has 0 aliphatic heterocycles. The Balaban J connectivity index is 2.40. The van der Waals surface area contributed by atoms with Crippen molar-refractivity contribution in [2.24, 2.45) is 5.92 Å². The van der Waals surface area contributed by atoms with Crippen molar-refractivity contribution in [2.75, 3.05) is 18.5 Å². The van der Waals surface area contributed by atoms with Crippen LogP contribution in [0.1, 0.15) is 27.2 Å². The highest BCUT2D eigenvalue weighted by Crippen LogP contribution is 2.16. The van der Waals surface area contributed by atoms with Crippen molar-refractivity contribution in [3.05, 3.63) is 24.3 Å². The molecule has 2 N–H and O–H groups in total. The summed E-state index contributed by atoms with van der Waals surface area (Å²) in [5.41, 5.74) is 0.970. The first-order valence-electron chi connectivity index (χ1n) is 6.39. The summed E-state index contributed by atoms with van der Waals surface area (Å²) in [5, 5.41) is 6.80. The Labute approximate surface area is 115 Å². The van der Waals surface area contributed by atoms with Gasteiger partial charge in [0.15, 0.2) is 5.11 Å². The van der Waals surface area contributed by atoms with Crippen LogP contribution in [0.4, 0.5) is 5.69 Å². The van der Waals surface area contributed by atoms with Gasteiger partial charge in [-0.1, -0.05) is 13.8 Å². The van der Waals surface area contributed by atoms with Crippen molar-refractivity contribution in [3.63, 3.8) is 0 Å². The molecule has 0 spiro atoms. The third kappa shape index (κ3) is 5.87. The lowest BCUT2D eigenvalue weighted by Gasteiger charge is -2.11. The normalized spacial score (nSPS) is 10.2.